The molecule has 3 amide bonds. The highest BCUT2D eigenvalue weighted by Crippen LogP contribution is 2.48. The Bertz CT molecular complexity index is 5560. The van der Waals surface area contributed by atoms with Crippen molar-refractivity contribution in [1.29, 1.82) is 0 Å². The Morgan fingerprint density at radius 1 is 0.493 bits per heavy atom. The molecule has 8 aliphatic rings. The predicted molar refractivity (Wildman–Crippen MR) is 567 cm³/mol. The second-order valence-electron chi connectivity index (χ2n) is 46.4. The maximum absolute atomic E-state index is 14.7. The van der Waals surface area contributed by atoms with E-state index in [-0.39, 0.29) is 127 Å². The van der Waals surface area contributed by atoms with E-state index >= 15 is 0 Å². The van der Waals surface area contributed by atoms with Crippen molar-refractivity contribution in [1.82, 2.24) is 44.6 Å². The van der Waals surface area contributed by atoms with Gasteiger partial charge in [-0.05, 0) is 241 Å². The van der Waals surface area contributed by atoms with Crippen LogP contribution in [-0.4, -0.2) is 211 Å². The first-order valence-corrected chi connectivity index (χ1v) is 52.1. The van der Waals surface area contributed by atoms with E-state index in [1.54, 1.807) is 68.9 Å². The Labute approximate surface area is 867 Å². The van der Waals surface area contributed by atoms with E-state index in [0.29, 0.717) is 111 Å². The smallest absolute Gasteiger partial charge is 0.329 e. The fourth-order valence-corrected chi connectivity index (χ4v) is 20.5. The van der Waals surface area contributed by atoms with Crippen LogP contribution in [0.4, 0.5) is 0 Å². The number of fused-ring (bicyclic) bond motifs is 11. The number of amides is 3. The van der Waals surface area contributed by atoms with Gasteiger partial charge in [0.15, 0.2) is 0 Å². The van der Waals surface area contributed by atoms with Crippen LogP contribution >= 0.6 is 0 Å². The summed E-state index contributed by atoms with van der Waals surface area (Å²) in [5.74, 6) is -2.66. The highest BCUT2D eigenvalue weighted by molar-refractivity contribution is 5.93. The number of aryl methyl sites for hydroxylation is 1. The average Bonchev–Trinajstić information content (AvgIpc) is 1.62. The number of benzene rings is 3. The van der Waals surface area contributed by atoms with Crippen molar-refractivity contribution in [2.24, 2.45) is 69.5 Å². The van der Waals surface area contributed by atoms with E-state index in [1.165, 1.54) is 0 Å². The average molecular weight is 2030 g/mol. The Balaban J connectivity index is 0.000000241. The SMILES string of the molecule is C.C.C.C=CCCC[C@@H]1C[C@H]1OC(=O)C[C@H](C(=O)N1C[C@H](Oc2nc3cc(OC)ccc3nc2C=C)[C@@H](CCC)[C@H]1C(=O)OC(C)(C)C)C(C)(C)C.CCC[C@@H]1[C@@H]2CN(C(=O)[C@H](C(C)(C)C)CC(=O)O[C@@H]3C[C@H]3CCC/C=C/c3nc4ccc(OC)cc4nc3O2)[C@@H]1C(=O)OC(C)(C)C.CCC[C@@H]1[C@@H]2CN(C(=O)[C@H](C(C)(C)C)CC(=O)O[C@@H]3C[C@H]3CCCCCc3nc4ccc(OC)cc4nc3O2)[C@@H]1C(=O)OC(C)(C)C. The number of nitrogens with zero attached hydrogens (tertiary/aromatic N) is 9. The third kappa shape index (κ3) is 31.1. The lowest BCUT2D eigenvalue weighted by Crippen LogP contribution is -2.50. The Hall–Kier alpha value is -11.1. The van der Waals surface area contributed by atoms with E-state index in [9.17, 15) is 43.2 Å². The lowest BCUT2D eigenvalue weighted by atomic mass is 9.77. The molecule has 6 fully saturated rings. The molecule has 0 N–H and O–H groups in total. The molecule has 18 atom stereocenters. The number of esters is 6. The number of carbonyl (C=O) groups is 9. The Morgan fingerprint density at radius 3 is 1.42 bits per heavy atom. The minimum atomic E-state index is -0.920. The van der Waals surface area contributed by atoms with Crippen LogP contribution in [0.3, 0.4) is 0 Å². The van der Waals surface area contributed by atoms with Crippen molar-refractivity contribution in [3.63, 3.8) is 0 Å². The fraction of sp³-hybridized carbons (Fsp3) is 0.664. The van der Waals surface area contributed by atoms with Crippen molar-refractivity contribution < 1.29 is 100.0 Å². The molecule has 0 spiro atoms. The number of unbranched alkanes of at least 4 members (excludes halogenated alkanes) is 1. The first kappa shape index (κ1) is 118. The molecule has 3 aromatic heterocycles. The first-order chi connectivity index (χ1) is 67.4. The fourth-order valence-electron chi connectivity index (χ4n) is 20.5. The molecule has 3 saturated heterocycles. The van der Waals surface area contributed by atoms with Gasteiger partial charge in [-0.25, -0.2) is 44.3 Å². The quantitative estimate of drug-likeness (QED) is 0.0249. The summed E-state index contributed by atoms with van der Waals surface area (Å²) >= 11 is 0. The van der Waals surface area contributed by atoms with Gasteiger partial charge in [0.25, 0.3) is 0 Å². The normalized spacial score (nSPS) is 25.5. The summed E-state index contributed by atoms with van der Waals surface area (Å²) < 4.78 is 71.8. The van der Waals surface area contributed by atoms with E-state index in [4.69, 9.17) is 86.7 Å². The summed E-state index contributed by atoms with van der Waals surface area (Å²) in [6.07, 6.45) is 22.3. The van der Waals surface area contributed by atoms with Crippen LogP contribution in [0.5, 0.6) is 34.9 Å². The molecule has 8 heterocycles. The lowest BCUT2D eigenvalue weighted by Gasteiger charge is -2.35. The molecule has 30 nitrogen and oxygen atoms in total. The third-order valence-corrected chi connectivity index (χ3v) is 28.3. The molecule has 5 aliphatic heterocycles. The highest BCUT2D eigenvalue weighted by atomic mass is 16.6. The van der Waals surface area contributed by atoms with Gasteiger partial charge in [0.1, 0.15) is 106 Å². The van der Waals surface area contributed by atoms with Crippen LogP contribution in [0.1, 0.15) is 326 Å². The van der Waals surface area contributed by atoms with Crippen molar-refractivity contribution >= 4 is 98.8 Å². The lowest BCUT2D eigenvalue weighted by molar-refractivity contribution is -0.167. The van der Waals surface area contributed by atoms with Crippen molar-refractivity contribution in [3.8, 4) is 34.9 Å². The second kappa shape index (κ2) is 50.3. The first-order valence-electron chi connectivity index (χ1n) is 52.1. The number of ether oxygens (including phenoxy) is 12. The Morgan fingerprint density at radius 2 is 0.952 bits per heavy atom. The van der Waals surface area contributed by atoms with Crippen molar-refractivity contribution in [2.75, 3.05) is 41.0 Å². The number of methoxy groups -OCH3 is 3. The molecular weight excluding hydrogens is 1860 g/mol. The standard InChI is InChI=1S/C39H55N3O7.C37H53N3O7.C37H51N3O7.3CH4/c1-11-14-15-17-24-20-31(24)47-33(43)22-27(38(4,5)6)36(44)42-23-32(26(16-12-2)34(42)37(45)49-39(7,8)9)48-35-28(13-3)40-29-19-18-25(46-10)21-30(29)41-35;2*1-9-13-24-30-21-40(32(24)35(43)47-37(5,6)7)34(42)25(36(2,3)4)20-31(41)45-29-18-22(29)14-11-10-12-15-27-33(46-30)39-28-19-23(44-8)16-17-26(28)38-27;;;/h11,13,18-19,21,24,26-27,31-32,34H,1,3,12,14-17,20,22-23H2,2,4-10H3;16-17,19,22,24-25,29-30,32H,9-15,18,20-21H2,1-8H3;12,15-17,19,22,24-25,29-30,32H,9-11,13-14,18,20-21H2,1-8H3;3*1H4/b;;15-12+;;;/t24-,26-,27-,31-,32+,34+;2*22-,24-,25-,29-,30+,32+;;;/m111.../s1. The molecule has 806 valence electrons. The van der Waals surface area contributed by atoms with Crippen LogP contribution < -0.4 is 28.4 Å². The van der Waals surface area contributed by atoms with Crippen molar-refractivity contribution in [2.45, 2.75) is 387 Å². The zero-order chi connectivity index (χ0) is 104. The molecule has 30 heteroatoms. The molecule has 3 saturated carbocycles. The Kier molecular flexibility index (Phi) is 40.8. The summed E-state index contributed by atoms with van der Waals surface area (Å²) in [4.78, 5) is 160. The van der Waals surface area contributed by atoms with Gasteiger partial charge < -0.3 is 71.5 Å². The van der Waals surface area contributed by atoms with Gasteiger partial charge in [0, 0.05) is 36.0 Å². The van der Waals surface area contributed by atoms with Gasteiger partial charge >= 0.3 is 35.8 Å². The monoisotopic (exact) mass is 2030 g/mol. The molecule has 146 heavy (non-hydrogen) atoms. The summed E-state index contributed by atoms with van der Waals surface area (Å²) in [7, 11) is 4.80. The van der Waals surface area contributed by atoms with Crippen LogP contribution in [-0.2, 0) is 78.0 Å². The molecule has 0 radical (unpaired) electrons. The number of allylic oxidation sites excluding steroid dienone is 2. The van der Waals surface area contributed by atoms with Gasteiger partial charge in [0.2, 0.25) is 35.4 Å². The number of likely N-dealkylation sites (tertiary alicyclic amines) is 1. The van der Waals surface area contributed by atoms with Gasteiger partial charge in [-0.15, -0.1) is 6.58 Å². The maximum Gasteiger partial charge on any atom is 0.329 e. The van der Waals surface area contributed by atoms with Crippen LogP contribution in [0.15, 0.2) is 79.9 Å². The molecular formula is C116H171N9O21. The molecule has 3 aromatic carbocycles. The number of hydrogen-bond donors (Lipinski definition) is 0. The summed E-state index contributed by atoms with van der Waals surface area (Å²) in [5.41, 5.74) is 1.73. The van der Waals surface area contributed by atoms with Crippen LogP contribution in [0, 0.1) is 69.5 Å². The van der Waals surface area contributed by atoms with Gasteiger partial charge in [0.05, 0.1) is 111 Å². The summed E-state index contributed by atoms with van der Waals surface area (Å²) in [5, 5.41) is 0. The zero-order valence-electron chi connectivity index (χ0n) is 89.3. The van der Waals surface area contributed by atoms with E-state index in [2.05, 4.69) is 26.2 Å². The molecule has 14 rings (SSSR count). The molecule has 6 aromatic rings. The maximum atomic E-state index is 14.7. The van der Waals surface area contributed by atoms with Crippen LogP contribution in [0.25, 0.3) is 45.3 Å². The van der Waals surface area contributed by atoms with Gasteiger partial charge in [-0.2, -0.15) is 0 Å². The summed E-state index contributed by atoms with van der Waals surface area (Å²) in [6, 6.07) is 13.9. The largest absolute Gasteiger partial charge is 0.497 e. The molecule has 4 bridgehead atoms. The number of aromatic nitrogens is 6. The van der Waals surface area contributed by atoms with Gasteiger partial charge in [-0.3, -0.25) is 28.8 Å². The van der Waals surface area contributed by atoms with E-state index in [1.807, 2.05) is 178 Å². The van der Waals surface area contributed by atoms with E-state index < -0.39 is 117 Å². The second-order valence-corrected chi connectivity index (χ2v) is 46.4. The topological polar surface area (TPSA) is 351 Å². The third-order valence-electron chi connectivity index (χ3n) is 28.3. The summed E-state index contributed by atoms with van der Waals surface area (Å²) in [6.45, 7) is 48.1. The molecule has 0 unspecified atom stereocenters. The minimum absolute atomic E-state index is 0. The molecule has 3 aliphatic carbocycles. The number of hydrogen-bond acceptors (Lipinski definition) is 27. The van der Waals surface area contributed by atoms with E-state index in [0.717, 1.165) is 114 Å². The van der Waals surface area contributed by atoms with Crippen LogP contribution in [0.2, 0.25) is 0 Å². The number of carbonyl (C=O) groups excluding carboxylic acids is 9. The number of rotatable bonds is 23. The van der Waals surface area contributed by atoms with Crippen molar-refractivity contribution in [3.05, 3.63) is 97.0 Å². The minimum Gasteiger partial charge on any atom is -0.497 e. The highest BCUT2D eigenvalue weighted by Gasteiger charge is 2.58. The predicted octanol–water partition coefficient (Wildman–Crippen LogP) is 22.2. The van der Waals surface area contributed by atoms with Gasteiger partial charge in [-0.1, -0.05) is 156 Å². The zero-order valence-corrected chi connectivity index (χ0v) is 89.3.